The number of piperidine rings is 1. The molecule has 0 unspecified atom stereocenters. The van der Waals surface area contributed by atoms with E-state index in [1.165, 1.54) is 19.2 Å². The number of amides is 1. The number of halogens is 1. The average Bonchev–Trinajstić information content (AvgIpc) is 3.12. The lowest BCUT2D eigenvalue weighted by atomic mass is 9.77. The molecule has 1 aromatic carbocycles. The van der Waals surface area contributed by atoms with Gasteiger partial charge >= 0.3 is 5.97 Å². The van der Waals surface area contributed by atoms with Crippen molar-refractivity contribution in [2.24, 2.45) is 5.92 Å². The third-order valence-corrected chi connectivity index (χ3v) is 5.58. The number of carbonyl (C=O) groups excluding carboxylic acids is 2. The van der Waals surface area contributed by atoms with Gasteiger partial charge in [0.05, 0.1) is 18.4 Å². The first-order valence-corrected chi connectivity index (χ1v) is 8.70. The van der Waals surface area contributed by atoms with Crippen molar-refractivity contribution >= 4 is 11.9 Å². The summed E-state index contributed by atoms with van der Waals surface area (Å²) >= 11 is 0. The van der Waals surface area contributed by atoms with E-state index in [-0.39, 0.29) is 23.6 Å². The SMILES string of the molecule is COC(=O)C1CCN(C(=O)C2(c3ccc(F)cc3)CCCC2)CC1. The van der Waals surface area contributed by atoms with Crippen LogP contribution in [0.3, 0.4) is 0 Å². The molecule has 1 saturated heterocycles. The highest BCUT2D eigenvalue weighted by Gasteiger charge is 2.45. The summed E-state index contributed by atoms with van der Waals surface area (Å²) in [4.78, 5) is 26.8. The molecule has 1 aliphatic carbocycles. The molecule has 0 spiro atoms. The quantitative estimate of drug-likeness (QED) is 0.799. The lowest BCUT2D eigenvalue weighted by molar-refractivity contribution is -0.150. The van der Waals surface area contributed by atoms with Crippen LogP contribution < -0.4 is 0 Å². The fourth-order valence-corrected chi connectivity index (χ4v) is 4.16. The molecule has 0 radical (unpaired) electrons. The molecule has 4 nitrogen and oxygen atoms in total. The molecule has 2 aliphatic rings. The van der Waals surface area contributed by atoms with E-state index in [0.717, 1.165) is 31.2 Å². The van der Waals surface area contributed by atoms with Crippen molar-refractivity contribution in [2.45, 2.75) is 43.9 Å². The minimum absolute atomic E-state index is 0.107. The molecule has 1 saturated carbocycles. The summed E-state index contributed by atoms with van der Waals surface area (Å²) in [5, 5.41) is 0. The highest BCUT2D eigenvalue weighted by Crippen LogP contribution is 2.43. The number of benzene rings is 1. The summed E-state index contributed by atoms with van der Waals surface area (Å²) in [5.41, 5.74) is 0.396. The summed E-state index contributed by atoms with van der Waals surface area (Å²) in [5.74, 6) is -0.436. The predicted octanol–water partition coefficient (Wildman–Crippen LogP) is 3.05. The van der Waals surface area contributed by atoms with Crippen LogP contribution >= 0.6 is 0 Å². The van der Waals surface area contributed by atoms with E-state index in [1.807, 2.05) is 4.90 Å². The van der Waals surface area contributed by atoms with Gasteiger partial charge in [-0.15, -0.1) is 0 Å². The van der Waals surface area contributed by atoms with E-state index >= 15 is 0 Å². The summed E-state index contributed by atoms with van der Waals surface area (Å²) in [7, 11) is 1.40. The van der Waals surface area contributed by atoms with Crippen molar-refractivity contribution in [2.75, 3.05) is 20.2 Å². The normalized spacial score (nSPS) is 20.8. The topological polar surface area (TPSA) is 46.6 Å². The van der Waals surface area contributed by atoms with E-state index in [9.17, 15) is 14.0 Å². The average molecular weight is 333 g/mol. The highest BCUT2D eigenvalue weighted by molar-refractivity contribution is 5.89. The molecule has 2 fully saturated rings. The van der Waals surface area contributed by atoms with Crippen LogP contribution in [0.1, 0.15) is 44.1 Å². The van der Waals surface area contributed by atoms with Crippen molar-refractivity contribution in [1.29, 1.82) is 0 Å². The molecular formula is C19H24FNO3. The van der Waals surface area contributed by atoms with Gasteiger partial charge in [0.1, 0.15) is 5.82 Å². The second-order valence-corrected chi connectivity index (χ2v) is 6.89. The molecule has 1 amide bonds. The minimum Gasteiger partial charge on any atom is -0.469 e. The maximum Gasteiger partial charge on any atom is 0.308 e. The Morgan fingerprint density at radius 2 is 1.71 bits per heavy atom. The Hall–Kier alpha value is -1.91. The molecule has 1 aliphatic heterocycles. The summed E-state index contributed by atoms with van der Waals surface area (Å²) in [6.45, 7) is 1.17. The number of hydrogen-bond acceptors (Lipinski definition) is 3. The van der Waals surface area contributed by atoms with Gasteiger partial charge < -0.3 is 9.64 Å². The second kappa shape index (κ2) is 6.91. The second-order valence-electron chi connectivity index (χ2n) is 6.89. The van der Waals surface area contributed by atoms with Gasteiger partial charge in [0, 0.05) is 13.1 Å². The Bertz CT molecular complexity index is 600. The maximum absolute atomic E-state index is 13.3. The molecule has 5 heteroatoms. The van der Waals surface area contributed by atoms with Gasteiger partial charge in [-0.2, -0.15) is 0 Å². The number of carbonyl (C=O) groups is 2. The van der Waals surface area contributed by atoms with Crippen molar-refractivity contribution in [3.05, 3.63) is 35.6 Å². The zero-order valence-electron chi connectivity index (χ0n) is 14.1. The van der Waals surface area contributed by atoms with E-state index < -0.39 is 5.41 Å². The molecule has 1 heterocycles. The molecule has 1 aromatic rings. The van der Waals surface area contributed by atoms with Crippen LogP contribution in [0.5, 0.6) is 0 Å². The predicted molar refractivity (Wildman–Crippen MR) is 87.9 cm³/mol. The fourth-order valence-electron chi connectivity index (χ4n) is 4.16. The molecule has 3 rings (SSSR count). The number of rotatable bonds is 3. The van der Waals surface area contributed by atoms with Crippen molar-refractivity contribution in [3.63, 3.8) is 0 Å². The molecule has 0 bridgehead atoms. The number of esters is 1. The number of nitrogens with zero attached hydrogens (tertiary/aromatic N) is 1. The zero-order valence-corrected chi connectivity index (χ0v) is 14.1. The zero-order chi connectivity index (χ0) is 17.2. The smallest absolute Gasteiger partial charge is 0.308 e. The van der Waals surface area contributed by atoms with Gasteiger partial charge in [0.15, 0.2) is 0 Å². The molecule has 24 heavy (non-hydrogen) atoms. The fraction of sp³-hybridized carbons (Fsp3) is 0.579. The van der Waals surface area contributed by atoms with Crippen LogP contribution in [0.15, 0.2) is 24.3 Å². The Morgan fingerprint density at radius 1 is 1.12 bits per heavy atom. The lowest BCUT2D eigenvalue weighted by Crippen LogP contribution is -2.49. The van der Waals surface area contributed by atoms with Gasteiger partial charge in [-0.3, -0.25) is 9.59 Å². The Labute approximate surface area is 142 Å². The van der Waals surface area contributed by atoms with Crippen LogP contribution in [0, 0.1) is 11.7 Å². The maximum atomic E-state index is 13.3. The summed E-state index contributed by atoms with van der Waals surface area (Å²) in [6.07, 6.45) is 4.96. The first kappa shape index (κ1) is 16.9. The summed E-state index contributed by atoms with van der Waals surface area (Å²) < 4.78 is 18.1. The van der Waals surface area contributed by atoms with Crippen LogP contribution in [-0.2, 0) is 19.7 Å². The van der Waals surface area contributed by atoms with E-state index in [0.29, 0.717) is 25.9 Å². The standard InChI is InChI=1S/C19H24FNO3/c1-24-17(22)14-8-12-21(13-9-14)18(23)19(10-2-3-11-19)15-4-6-16(20)7-5-15/h4-7,14H,2-3,8-13H2,1H3. The first-order chi connectivity index (χ1) is 11.6. The lowest BCUT2D eigenvalue weighted by Gasteiger charge is -2.38. The van der Waals surface area contributed by atoms with Crippen molar-refractivity contribution in [1.82, 2.24) is 4.90 Å². The number of methoxy groups -OCH3 is 1. The van der Waals surface area contributed by atoms with Gasteiger partial charge in [0.25, 0.3) is 0 Å². The minimum atomic E-state index is -0.522. The van der Waals surface area contributed by atoms with Gasteiger partial charge in [0.2, 0.25) is 5.91 Å². The van der Waals surface area contributed by atoms with Gasteiger partial charge in [-0.05, 0) is 43.4 Å². The first-order valence-electron chi connectivity index (χ1n) is 8.70. The monoisotopic (exact) mass is 333 g/mol. The van der Waals surface area contributed by atoms with E-state index in [1.54, 1.807) is 12.1 Å². The number of ether oxygens (including phenoxy) is 1. The highest BCUT2D eigenvalue weighted by atomic mass is 19.1. The van der Waals surface area contributed by atoms with Crippen LogP contribution in [0.4, 0.5) is 4.39 Å². The van der Waals surface area contributed by atoms with E-state index in [4.69, 9.17) is 4.74 Å². The Balaban J connectivity index is 1.76. The van der Waals surface area contributed by atoms with E-state index in [2.05, 4.69) is 0 Å². The Morgan fingerprint density at radius 3 is 2.25 bits per heavy atom. The van der Waals surface area contributed by atoms with Gasteiger partial charge in [-0.25, -0.2) is 4.39 Å². The molecule has 0 atom stereocenters. The van der Waals surface area contributed by atoms with Crippen molar-refractivity contribution in [3.8, 4) is 0 Å². The molecule has 0 aromatic heterocycles. The van der Waals surface area contributed by atoms with Crippen molar-refractivity contribution < 1.29 is 18.7 Å². The molecular weight excluding hydrogens is 309 g/mol. The Kier molecular flexibility index (Phi) is 4.88. The van der Waals surface area contributed by atoms with Crippen LogP contribution in [-0.4, -0.2) is 37.0 Å². The van der Waals surface area contributed by atoms with Gasteiger partial charge in [-0.1, -0.05) is 25.0 Å². The third kappa shape index (κ3) is 3.04. The molecule has 0 N–H and O–H groups in total. The summed E-state index contributed by atoms with van der Waals surface area (Å²) in [6, 6.07) is 6.37. The number of likely N-dealkylation sites (tertiary alicyclic amines) is 1. The number of hydrogen-bond donors (Lipinski definition) is 0. The van der Waals surface area contributed by atoms with Crippen LogP contribution in [0.2, 0.25) is 0 Å². The third-order valence-electron chi connectivity index (χ3n) is 5.58. The molecule has 130 valence electrons. The largest absolute Gasteiger partial charge is 0.469 e. The van der Waals surface area contributed by atoms with Crippen LogP contribution in [0.25, 0.3) is 0 Å².